The number of aryl methyl sites for hydroxylation is 1. The summed E-state index contributed by atoms with van der Waals surface area (Å²) in [6.07, 6.45) is 1.56. The van der Waals surface area contributed by atoms with Gasteiger partial charge in [0.15, 0.2) is 0 Å². The molecule has 146 valence electrons. The Kier molecular flexibility index (Phi) is 4.90. The van der Waals surface area contributed by atoms with Gasteiger partial charge in [-0.2, -0.15) is 0 Å². The summed E-state index contributed by atoms with van der Waals surface area (Å²) >= 11 is 0. The highest BCUT2D eigenvalue weighted by atomic mass is 16.5. The van der Waals surface area contributed by atoms with Crippen LogP contribution in [-0.4, -0.2) is 60.4 Å². The van der Waals surface area contributed by atoms with Crippen LogP contribution < -0.4 is 10.1 Å². The fourth-order valence-electron chi connectivity index (χ4n) is 4.14. The summed E-state index contributed by atoms with van der Waals surface area (Å²) in [5.41, 5.74) is 1.03. The molecule has 28 heavy (non-hydrogen) atoms. The number of amides is 4. The molecule has 2 saturated heterocycles. The average molecular weight is 381 g/mol. The highest BCUT2D eigenvalue weighted by Gasteiger charge is 2.39. The zero-order chi connectivity index (χ0) is 19.7. The fourth-order valence-corrected chi connectivity index (χ4v) is 4.14. The minimum atomic E-state index is -0.357. The maximum atomic E-state index is 12.8. The van der Waals surface area contributed by atoms with E-state index < -0.39 is 0 Å². The molecular weight excluding hydrogens is 358 g/mol. The molecule has 2 fully saturated rings. The Hall–Kier alpha value is -3.09. The molecule has 2 aliphatic heterocycles. The molecule has 0 aliphatic carbocycles. The maximum Gasteiger partial charge on any atom is 0.324 e. The average Bonchev–Trinajstić information content (AvgIpc) is 3.32. The molecule has 0 spiro atoms. The lowest BCUT2D eigenvalue weighted by molar-refractivity contribution is -0.131. The van der Waals surface area contributed by atoms with Crippen LogP contribution in [0.1, 0.15) is 18.4 Å². The monoisotopic (exact) mass is 381 g/mol. The van der Waals surface area contributed by atoms with Crippen molar-refractivity contribution in [2.45, 2.75) is 25.3 Å². The van der Waals surface area contributed by atoms with Crippen LogP contribution in [0.25, 0.3) is 10.8 Å². The van der Waals surface area contributed by atoms with Crippen LogP contribution in [0.2, 0.25) is 0 Å². The number of fused-ring (bicyclic) bond motifs is 1. The number of rotatable bonds is 5. The molecule has 4 amide bonds. The predicted octanol–water partition coefficient (Wildman–Crippen LogP) is 1.93. The summed E-state index contributed by atoms with van der Waals surface area (Å²) in [7, 11) is 1.64. The maximum absolute atomic E-state index is 12.8. The van der Waals surface area contributed by atoms with E-state index in [1.165, 1.54) is 4.90 Å². The molecule has 7 nitrogen and oxygen atoms in total. The van der Waals surface area contributed by atoms with E-state index in [9.17, 15) is 14.4 Å². The molecule has 2 aromatic rings. The zero-order valence-corrected chi connectivity index (χ0v) is 15.8. The van der Waals surface area contributed by atoms with Gasteiger partial charge in [-0.1, -0.05) is 30.3 Å². The molecule has 4 rings (SSSR count). The molecule has 0 saturated carbocycles. The lowest BCUT2D eigenvalue weighted by Gasteiger charge is -2.21. The summed E-state index contributed by atoms with van der Waals surface area (Å²) in [5.74, 6) is 0.597. The Bertz CT molecular complexity index is 926. The smallest absolute Gasteiger partial charge is 0.324 e. The van der Waals surface area contributed by atoms with Crippen molar-refractivity contribution in [3.05, 3.63) is 42.0 Å². The molecule has 2 aliphatic rings. The van der Waals surface area contributed by atoms with Gasteiger partial charge in [0.05, 0.1) is 19.7 Å². The Morgan fingerprint density at radius 2 is 2.04 bits per heavy atom. The van der Waals surface area contributed by atoms with E-state index >= 15 is 0 Å². The van der Waals surface area contributed by atoms with Crippen molar-refractivity contribution in [3.63, 3.8) is 0 Å². The topological polar surface area (TPSA) is 79.0 Å². The van der Waals surface area contributed by atoms with Crippen LogP contribution in [0.3, 0.4) is 0 Å². The molecule has 0 aromatic heterocycles. The molecule has 1 N–H and O–H groups in total. The number of nitrogens with zero attached hydrogens (tertiary/aromatic N) is 2. The third-order valence-corrected chi connectivity index (χ3v) is 5.57. The van der Waals surface area contributed by atoms with Gasteiger partial charge in [0.2, 0.25) is 11.8 Å². The molecule has 0 bridgehead atoms. The molecular formula is C21H23N3O4. The molecule has 0 unspecified atom stereocenters. The highest BCUT2D eigenvalue weighted by molar-refractivity contribution is 6.02. The second-order valence-corrected chi connectivity index (χ2v) is 7.17. The van der Waals surface area contributed by atoms with Crippen molar-refractivity contribution >= 4 is 28.6 Å². The first kappa shape index (κ1) is 18.3. The lowest BCUT2D eigenvalue weighted by atomic mass is 9.99. The van der Waals surface area contributed by atoms with E-state index in [-0.39, 0.29) is 30.4 Å². The van der Waals surface area contributed by atoms with Crippen LogP contribution in [0, 0.1) is 0 Å². The van der Waals surface area contributed by atoms with Crippen molar-refractivity contribution in [2.24, 2.45) is 0 Å². The van der Waals surface area contributed by atoms with Crippen LogP contribution in [0.15, 0.2) is 36.4 Å². The number of urea groups is 1. The minimum absolute atomic E-state index is 0.0320. The van der Waals surface area contributed by atoms with Gasteiger partial charge in [0.1, 0.15) is 5.75 Å². The van der Waals surface area contributed by atoms with Crippen molar-refractivity contribution < 1.29 is 19.1 Å². The van der Waals surface area contributed by atoms with E-state index in [4.69, 9.17) is 4.74 Å². The lowest BCUT2D eigenvalue weighted by Crippen LogP contribution is -2.42. The number of benzene rings is 2. The standard InChI is InChI=1S/C21H23N3O4/c1-28-18-8-6-14-4-2-3-5-16(14)17(18)7-9-19(25)23-11-10-15(13-23)24-20(26)12-22-21(24)27/h2-6,8,15H,7,9-13H2,1H3,(H,22,27)/t15-/m1/s1. The van der Waals surface area contributed by atoms with Crippen LogP contribution in [-0.2, 0) is 16.0 Å². The van der Waals surface area contributed by atoms with Gasteiger partial charge in [0.25, 0.3) is 0 Å². The summed E-state index contributed by atoms with van der Waals surface area (Å²) < 4.78 is 5.51. The normalized spacial score (nSPS) is 19.4. The molecule has 1 atom stereocenters. The summed E-state index contributed by atoms with van der Waals surface area (Å²) in [6, 6.07) is 11.4. The molecule has 0 radical (unpaired) electrons. The Morgan fingerprint density at radius 1 is 1.21 bits per heavy atom. The summed E-state index contributed by atoms with van der Waals surface area (Å²) in [6.45, 7) is 1.02. The zero-order valence-electron chi connectivity index (χ0n) is 15.8. The second kappa shape index (κ2) is 7.50. The third-order valence-electron chi connectivity index (χ3n) is 5.57. The van der Waals surface area contributed by atoms with Crippen molar-refractivity contribution in [1.82, 2.24) is 15.1 Å². The summed E-state index contributed by atoms with van der Waals surface area (Å²) in [4.78, 5) is 39.5. The van der Waals surface area contributed by atoms with Gasteiger partial charge in [-0.05, 0) is 29.7 Å². The number of likely N-dealkylation sites (tertiary alicyclic amines) is 1. The van der Waals surface area contributed by atoms with Gasteiger partial charge in [0, 0.05) is 25.1 Å². The quantitative estimate of drug-likeness (QED) is 0.803. The third kappa shape index (κ3) is 3.28. The Labute approximate surface area is 163 Å². The van der Waals surface area contributed by atoms with Crippen LogP contribution in [0.5, 0.6) is 5.75 Å². The van der Waals surface area contributed by atoms with Gasteiger partial charge < -0.3 is 15.0 Å². The number of ether oxygens (including phenoxy) is 1. The number of carbonyl (C=O) groups excluding carboxylic acids is 3. The van der Waals surface area contributed by atoms with Crippen molar-refractivity contribution in [1.29, 1.82) is 0 Å². The number of imide groups is 1. The second-order valence-electron chi connectivity index (χ2n) is 7.17. The predicted molar refractivity (Wildman–Crippen MR) is 104 cm³/mol. The highest BCUT2D eigenvalue weighted by Crippen LogP contribution is 2.29. The molecule has 7 heteroatoms. The SMILES string of the molecule is COc1ccc2ccccc2c1CCC(=O)N1CC[C@@H](N2C(=O)CNC2=O)C1. The van der Waals surface area contributed by atoms with Crippen molar-refractivity contribution in [2.75, 3.05) is 26.7 Å². The first-order valence-electron chi connectivity index (χ1n) is 9.50. The van der Waals surface area contributed by atoms with E-state index in [1.807, 2.05) is 36.4 Å². The first-order valence-corrected chi connectivity index (χ1v) is 9.50. The van der Waals surface area contributed by atoms with E-state index in [0.717, 1.165) is 22.1 Å². The van der Waals surface area contributed by atoms with E-state index in [0.29, 0.717) is 32.4 Å². The van der Waals surface area contributed by atoms with Gasteiger partial charge in [-0.15, -0.1) is 0 Å². The van der Waals surface area contributed by atoms with Crippen LogP contribution in [0.4, 0.5) is 4.79 Å². The number of methoxy groups -OCH3 is 1. The van der Waals surface area contributed by atoms with Gasteiger partial charge >= 0.3 is 6.03 Å². The van der Waals surface area contributed by atoms with Crippen LogP contribution >= 0.6 is 0 Å². The first-order chi connectivity index (χ1) is 13.6. The van der Waals surface area contributed by atoms with E-state index in [2.05, 4.69) is 5.32 Å². The number of hydrogen-bond donors (Lipinski definition) is 1. The molecule has 2 heterocycles. The van der Waals surface area contributed by atoms with Gasteiger partial charge in [-0.25, -0.2) is 4.79 Å². The largest absolute Gasteiger partial charge is 0.496 e. The minimum Gasteiger partial charge on any atom is -0.496 e. The number of carbonyl (C=O) groups is 3. The Balaban J connectivity index is 1.44. The summed E-state index contributed by atoms with van der Waals surface area (Å²) in [5, 5.41) is 4.74. The Morgan fingerprint density at radius 3 is 2.79 bits per heavy atom. The number of nitrogens with one attached hydrogen (secondary N) is 1. The van der Waals surface area contributed by atoms with E-state index in [1.54, 1.807) is 12.0 Å². The van der Waals surface area contributed by atoms with Crippen molar-refractivity contribution in [3.8, 4) is 5.75 Å². The van der Waals surface area contributed by atoms with Gasteiger partial charge in [-0.3, -0.25) is 14.5 Å². The fraction of sp³-hybridized carbons (Fsp3) is 0.381. The number of hydrogen-bond acceptors (Lipinski definition) is 4. The molecule has 2 aromatic carbocycles.